The Morgan fingerprint density at radius 2 is 1.84 bits per heavy atom. The van der Waals surface area contributed by atoms with Crippen LogP contribution in [0.5, 0.6) is 23.0 Å². The molecule has 0 atom stereocenters. The number of Topliss-reactive ketones (excluding diaryl/α,β-unsaturated/α-hetero) is 1. The molecule has 1 aromatic heterocycles. The average Bonchev–Trinajstić information content (AvgIpc) is 3.19. The number of benzene rings is 2. The van der Waals surface area contributed by atoms with Crippen LogP contribution in [0.2, 0.25) is 5.02 Å². The lowest BCUT2D eigenvalue weighted by molar-refractivity contribution is 0.0977. The molecule has 3 aromatic rings. The molecule has 3 rings (SSSR count). The van der Waals surface area contributed by atoms with Gasteiger partial charge in [0.15, 0.2) is 28.7 Å². The topological polar surface area (TPSA) is 157 Å². The average molecular weight is 462 g/mol. The zero-order valence-corrected chi connectivity index (χ0v) is 17.9. The van der Waals surface area contributed by atoms with Gasteiger partial charge in [-0.25, -0.2) is 0 Å². The van der Waals surface area contributed by atoms with E-state index in [2.05, 4.69) is 10.5 Å². The number of nitrogens with zero attached hydrogens (tertiary/aromatic N) is 1. The summed E-state index contributed by atoms with van der Waals surface area (Å²) in [7, 11) is 2.89. The van der Waals surface area contributed by atoms with Gasteiger partial charge in [0.2, 0.25) is 0 Å². The van der Waals surface area contributed by atoms with Crippen molar-refractivity contribution in [2.24, 2.45) is 5.73 Å². The van der Waals surface area contributed by atoms with Crippen molar-refractivity contribution in [2.75, 3.05) is 26.1 Å². The van der Waals surface area contributed by atoms with Gasteiger partial charge in [0, 0.05) is 18.1 Å². The van der Waals surface area contributed by atoms with Gasteiger partial charge in [-0.1, -0.05) is 16.8 Å². The summed E-state index contributed by atoms with van der Waals surface area (Å²) in [6, 6.07) is 6.73. The van der Waals surface area contributed by atoms with E-state index in [1.165, 1.54) is 32.4 Å². The number of carbonyl (C=O) groups excluding carboxylic acids is 2. The third-order valence-electron chi connectivity index (χ3n) is 4.52. The first-order valence-electron chi connectivity index (χ1n) is 9.28. The maximum absolute atomic E-state index is 13.0. The zero-order chi connectivity index (χ0) is 23.4. The van der Waals surface area contributed by atoms with Gasteiger partial charge in [-0.15, -0.1) is 0 Å². The number of aromatic nitrogens is 1. The van der Waals surface area contributed by atoms with E-state index in [9.17, 15) is 19.8 Å². The minimum absolute atomic E-state index is 0.00899. The number of nitrogens with one attached hydrogen (secondary N) is 1. The number of nitrogens with two attached hydrogens (primary N) is 1. The van der Waals surface area contributed by atoms with Crippen LogP contribution in [0.15, 0.2) is 34.9 Å². The van der Waals surface area contributed by atoms with Gasteiger partial charge in [0.1, 0.15) is 17.2 Å². The van der Waals surface area contributed by atoms with Crippen molar-refractivity contribution in [2.45, 2.75) is 6.42 Å². The summed E-state index contributed by atoms with van der Waals surface area (Å²) in [6.07, 6.45) is -0.0481. The molecule has 0 aliphatic rings. The summed E-state index contributed by atoms with van der Waals surface area (Å²) in [5.41, 5.74) is 5.41. The Kier molecular flexibility index (Phi) is 6.86. The number of hydrogen-bond donors (Lipinski definition) is 4. The number of aromatic hydroxyl groups is 2. The number of halogens is 1. The molecule has 5 N–H and O–H groups in total. The highest BCUT2D eigenvalue weighted by Crippen LogP contribution is 2.41. The molecule has 0 fully saturated rings. The van der Waals surface area contributed by atoms with Crippen LogP contribution in [-0.4, -0.2) is 47.8 Å². The molecule has 2 aromatic carbocycles. The highest BCUT2D eigenvalue weighted by Gasteiger charge is 2.27. The first-order valence-corrected chi connectivity index (χ1v) is 9.66. The number of amides is 1. The van der Waals surface area contributed by atoms with Crippen LogP contribution >= 0.6 is 11.6 Å². The standard InChI is InChI=1S/C21H20ClN3O7/c1-30-16-4-3-10(7-17(16)31-2)21(29)24-19-18(13(26)5-6-23)25-32-20(19)11-8-12(22)15(28)9-14(11)27/h3-4,7-9,27-28H,5-6,23H2,1-2H3,(H,24,29). The van der Waals surface area contributed by atoms with Gasteiger partial charge in [-0.2, -0.15) is 0 Å². The lowest BCUT2D eigenvalue weighted by atomic mass is 10.1. The molecule has 0 unspecified atom stereocenters. The minimum atomic E-state index is -0.610. The predicted octanol–water partition coefficient (Wildman–Crippen LogP) is 3.21. The van der Waals surface area contributed by atoms with Crippen molar-refractivity contribution in [1.29, 1.82) is 0 Å². The number of phenols is 2. The van der Waals surface area contributed by atoms with E-state index in [4.69, 9.17) is 31.3 Å². The van der Waals surface area contributed by atoms with E-state index >= 15 is 0 Å². The molecular weight excluding hydrogens is 442 g/mol. The summed E-state index contributed by atoms with van der Waals surface area (Å²) in [5, 5.41) is 26.2. The Balaban J connectivity index is 2.08. The Bertz CT molecular complexity index is 1180. The second-order valence-electron chi connectivity index (χ2n) is 6.54. The molecule has 32 heavy (non-hydrogen) atoms. The zero-order valence-electron chi connectivity index (χ0n) is 17.1. The summed E-state index contributed by atoms with van der Waals surface area (Å²) < 4.78 is 15.7. The number of ketones is 1. The molecule has 0 aliphatic carbocycles. The third-order valence-corrected chi connectivity index (χ3v) is 4.82. The second-order valence-corrected chi connectivity index (χ2v) is 6.95. The fourth-order valence-electron chi connectivity index (χ4n) is 2.93. The summed E-state index contributed by atoms with van der Waals surface area (Å²) in [6.45, 7) is 0.0559. The van der Waals surface area contributed by atoms with Crippen molar-refractivity contribution in [3.63, 3.8) is 0 Å². The van der Waals surface area contributed by atoms with Gasteiger partial charge in [0.05, 0.1) is 24.8 Å². The Hall–Kier alpha value is -3.76. The molecule has 0 spiro atoms. The monoisotopic (exact) mass is 461 g/mol. The summed E-state index contributed by atoms with van der Waals surface area (Å²) in [4.78, 5) is 25.5. The maximum atomic E-state index is 13.0. The Morgan fingerprint density at radius 3 is 2.50 bits per heavy atom. The van der Waals surface area contributed by atoms with E-state index < -0.39 is 17.4 Å². The largest absolute Gasteiger partial charge is 0.507 e. The quantitative estimate of drug-likeness (QED) is 0.369. The molecule has 1 heterocycles. The predicted molar refractivity (Wildman–Crippen MR) is 116 cm³/mol. The SMILES string of the molecule is COc1ccc(C(=O)Nc2c(C(=O)CCN)noc2-c2cc(Cl)c(O)cc2O)cc1OC. The van der Waals surface area contributed by atoms with Crippen LogP contribution in [0.25, 0.3) is 11.3 Å². The number of methoxy groups -OCH3 is 2. The van der Waals surface area contributed by atoms with Crippen molar-refractivity contribution in [3.05, 3.63) is 46.6 Å². The molecule has 1 amide bonds. The molecule has 168 valence electrons. The molecule has 0 saturated heterocycles. The number of carbonyl (C=O) groups is 2. The number of rotatable bonds is 8. The first-order chi connectivity index (χ1) is 15.3. The number of hydrogen-bond acceptors (Lipinski definition) is 9. The summed E-state index contributed by atoms with van der Waals surface area (Å²) >= 11 is 5.95. The molecule has 10 nitrogen and oxygen atoms in total. The normalized spacial score (nSPS) is 10.6. The van der Waals surface area contributed by atoms with Gasteiger partial charge in [-0.05, 0) is 30.8 Å². The highest BCUT2D eigenvalue weighted by atomic mass is 35.5. The van der Waals surface area contributed by atoms with Crippen LogP contribution in [0.1, 0.15) is 27.3 Å². The first kappa shape index (κ1) is 22.9. The number of ether oxygens (including phenoxy) is 2. The molecular formula is C21H20ClN3O7. The van der Waals surface area contributed by atoms with E-state index in [0.717, 1.165) is 6.07 Å². The van der Waals surface area contributed by atoms with Gasteiger partial charge >= 0.3 is 0 Å². The van der Waals surface area contributed by atoms with Crippen molar-refractivity contribution < 1.29 is 33.8 Å². The molecule has 11 heteroatoms. The Morgan fingerprint density at radius 1 is 1.12 bits per heavy atom. The smallest absolute Gasteiger partial charge is 0.255 e. The van der Waals surface area contributed by atoms with E-state index in [-0.39, 0.29) is 52.0 Å². The van der Waals surface area contributed by atoms with E-state index in [1.807, 2.05) is 0 Å². The highest BCUT2D eigenvalue weighted by molar-refractivity contribution is 6.32. The number of anilines is 1. The van der Waals surface area contributed by atoms with Crippen molar-refractivity contribution >= 4 is 29.0 Å². The number of phenolic OH excluding ortho intramolecular Hbond substituents is 2. The van der Waals surface area contributed by atoms with Gasteiger partial charge in [-0.3, -0.25) is 9.59 Å². The lowest BCUT2D eigenvalue weighted by Gasteiger charge is -2.11. The van der Waals surface area contributed by atoms with Crippen LogP contribution in [0.4, 0.5) is 5.69 Å². The van der Waals surface area contributed by atoms with Crippen molar-refractivity contribution in [1.82, 2.24) is 5.16 Å². The molecule has 0 radical (unpaired) electrons. The molecule has 0 aliphatic heterocycles. The van der Waals surface area contributed by atoms with Crippen LogP contribution in [0, 0.1) is 0 Å². The lowest BCUT2D eigenvalue weighted by Crippen LogP contribution is -2.16. The second kappa shape index (κ2) is 9.58. The van der Waals surface area contributed by atoms with Gasteiger partial charge < -0.3 is 35.3 Å². The van der Waals surface area contributed by atoms with Crippen LogP contribution < -0.4 is 20.5 Å². The molecule has 0 bridgehead atoms. The van der Waals surface area contributed by atoms with Crippen LogP contribution in [0.3, 0.4) is 0 Å². The fourth-order valence-corrected chi connectivity index (χ4v) is 3.09. The van der Waals surface area contributed by atoms with Gasteiger partial charge in [0.25, 0.3) is 5.91 Å². The van der Waals surface area contributed by atoms with Crippen LogP contribution in [-0.2, 0) is 0 Å². The minimum Gasteiger partial charge on any atom is -0.507 e. The summed E-state index contributed by atoms with van der Waals surface area (Å²) in [5.74, 6) is -1.22. The Labute approximate surface area is 187 Å². The third kappa shape index (κ3) is 4.46. The molecule has 0 saturated carbocycles. The van der Waals surface area contributed by atoms with E-state index in [1.54, 1.807) is 6.07 Å². The van der Waals surface area contributed by atoms with E-state index in [0.29, 0.717) is 11.5 Å². The fraction of sp³-hybridized carbons (Fsp3) is 0.190. The van der Waals surface area contributed by atoms with Crippen molar-refractivity contribution in [3.8, 4) is 34.3 Å². The maximum Gasteiger partial charge on any atom is 0.255 e.